The van der Waals surface area contributed by atoms with Crippen LogP contribution in [0, 0.1) is 0 Å². The molecule has 2 aromatic carbocycles. The molecule has 1 fully saturated rings. The van der Waals surface area contributed by atoms with E-state index in [9.17, 15) is 8.42 Å². The smallest absolute Gasteiger partial charge is 0.296 e. The Hall–Kier alpha value is -1.73. The molecule has 0 saturated carbocycles. The van der Waals surface area contributed by atoms with Gasteiger partial charge in [0, 0.05) is 12.0 Å². The van der Waals surface area contributed by atoms with Gasteiger partial charge < -0.3 is 9.47 Å². The summed E-state index contributed by atoms with van der Waals surface area (Å²) < 4.78 is 41.9. The van der Waals surface area contributed by atoms with Crippen LogP contribution in [0.1, 0.15) is 43.7 Å². The number of rotatable bonds is 8. The molecule has 1 atom stereocenters. The highest BCUT2D eigenvalue weighted by molar-refractivity contribution is 7.86. The van der Waals surface area contributed by atoms with E-state index in [2.05, 4.69) is 13.8 Å². The van der Waals surface area contributed by atoms with Crippen LogP contribution in [0.25, 0.3) is 0 Å². The normalized spacial score (nSPS) is 17.7. The summed E-state index contributed by atoms with van der Waals surface area (Å²) in [4.78, 5) is 0.163. The summed E-state index contributed by atoms with van der Waals surface area (Å²) in [5.41, 5.74) is 1.98. The Bertz CT molecular complexity index is 825. The zero-order chi connectivity index (χ0) is 19.3. The van der Waals surface area contributed by atoms with Gasteiger partial charge in [-0.15, -0.1) is 0 Å². The number of benzene rings is 2. The maximum Gasteiger partial charge on any atom is 0.296 e. The summed E-state index contributed by atoms with van der Waals surface area (Å²) in [5.74, 6) is -0.554. The molecular weight excluding hydrogens is 364 g/mol. The Morgan fingerprint density at radius 2 is 1.67 bits per heavy atom. The van der Waals surface area contributed by atoms with E-state index in [-0.39, 0.29) is 11.5 Å². The van der Waals surface area contributed by atoms with Crippen molar-refractivity contribution in [3.05, 3.63) is 65.7 Å². The second-order valence-electron chi connectivity index (χ2n) is 6.72. The molecule has 0 aliphatic carbocycles. The second-order valence-corrected chi connectivity index (χ2v) is 8.34. The van der Waals surface area contributed by atoms with E-state index in [1.165, 1.54) is 0 Å². The summed E-state index contributed by atoms with van der Waals surface area (Å²) >= 11 is 0. The highest BCUT2D eigenvalue weighted by Gasteiger charge is 2.38. The third kappa shape index (κ3) is 4.58. The predicted octanol–water partition coefficient (Wildman–Crippen LogP) is 4.20. The van der Waals surface area contributed by atoms with Crippen molar-refractivity contribution >= 4 is 10.1 Å². The standard InChI is InChI=1S/C21H26O5S/c1-3-17(2)18-9-11-20(12-10-18)27(22,23)26-14-13-21(24-15-16-25-21)19-7-5-4-6-8-19/h4-12,17H,3,13-16H2,1-2H3. The van der Waals surface area contributed by atoms with Crippen molar-refractivity contribution in [2.45, 2.75) is 43.3 Å². The van der Waals surface area contributed by atoms with Gasteiger partial charge >= 0.3 is 0 Å². The van der Waals surface area contributed by atoms with E-state index in [0.717, 1.165) is 17.5 Å². The molecule has 0 radical (unpaired) electrons. The molecule has 27 heavy (non-hydrogen) atoms. The largest absolute Gasteiger partial charge is 0.343 e. The summed E-state index contributed by atoms with van der Waals surface area (Å²) in [6.45, 7) is 5.14. The van der Waals surface area contributed by atoms with Crippen molar-refractivity contribution in [1.29, 1.82) is 0 Å². The summed E-state index contributed by atoms with van der Waals surface area (Å²) in [6.07, 6.45) is 1.30. The van der Waals surface area contributed by atoms with E-state index in [1.54, 1.807) is 12.1 Å². The molecule has 0 spiro atoms. The SMILES string of the molecule is CCC(C)c1ccc(S(=O)(=O)OCCC2(c3ccccc3)OCCO2)cc1. The number of ether oxygens (including phenoxy) is 2. The van der Waals surface area contributed by atoms with Crippen molar-refractivity contribution < 1.29 is 22.1 Å². The summed E-state index contributed by atoms with van der Waals surface area (Å²) in [6, 6.07) is 16.4. The van der Waals surface area contributed by atoms with Crippen LogP contribution in [-0.4, -0.2) is 28.2 Å². The van der Waals surface area contributed by atoms with E-state index >= 15 is 0 Å². The first-order chi connectivity index (χ1) is 13.0. The van der Waals surface area contributed by atoms with E-state index in [4.69, 9.17) is 13.7 Å². The average Bonchev–Trinajstić information content (AvgIpc) is 3.18. The van der Waals surface area contributed by atoms with Gasteiger partial charge in [0.15, 0.2) is 5.79 Å². The molecule has 2 aromatic rings. The Morgan fingerprint density at radius 1 is 1.04 bits per heavy atom. The van der Waals surface area contributed by atoms with Crippen LogP contribution in [-0.2, 0) is 29.6 Å². The summed E-state index contributed by atoms with van der Waals surface area (Å²) in [5, 5.41) is 0. The molecule has 0 bridgehead atoms. The van der Waals surface area contributed by atoms with Gasteiger partial charge in [-0.25, -0.2) is 0 Å². The van der Waals surface area contributed by atoms with Crippen LogP contribution in [0.5, 0.6) is 0 Å². The van der Waals surface area contributed by atoms with Gasteiger partial charge in [-0.05, 0) is 30.0 Å². The van der Waals surface area contributed by atoms with Crippen molar-refractivity contribution in [3.8, 4) is 0 Å². The van der Waals surface area contributed by atoms with Gasteiger partial charge in [-0.2, -0.15) is 8.42 Å². The minimum Gasteiger partial charge on any atom is -0.343 e. The van der Waals surface area contributed by atoms with Gasteiger partial charge in [-0.1, -0.05) is 56.3 Å². The van der Waals surface area contributed by atoms with Crippen LogP contribution < -0.4 is 0 Å². The molecule has 0 N–H and O–H groups in total. The number of hydrogen-bond donors (Lipinski definition) is 0. The van der Waals surface area contributed by atoms with Gasteiger partial charge in [-0.3, -0.25) is 4.18 Å². The fourth-order valence-electron chi connectivity index (χ4n) is 3.15. The van der Waals surface area contributed by atoms with Crippen molar-refractivity contribution in [2.75, 3.05) is 19.8 Å². The lowest BCUT2D eigenvalue weighted by Gasteiger charge is -2.27. The monoisotopic (exact) mass is 390 g/mol. The quantitative estimate of drug-likeness (QED) is 0.632. The maximum atomic E-state index is 12.5. The first kappa shape index (κ1) is 20.0. The molecule has 6 heteroatoms. The highest BCUT2D eigenvalue weighted by Crippen LogP contribution is 2.35. The third-order valence-electron chi connectivity index (χ3n) is 4.99. The minimum absolute atomic E-state index is 0.0235. The average molecular weight is 391 g/mol. The lowest BCUT2D eigenvalue weighted by Crippen LogP contribution is -2.29. The van der Waals surface area contributed by atoms with Crippen molar-refractivity contribution in [2.24, 2.45) is 0 Å². The van der Waals surface area contributed by atoms with Crippen LogP contribution in [0.15, 0.2) is 59.5 Å². The van der Waals surface area contributed by atoms with Crippen LogP contribution in [0.4, 0.5) is 0 Å². The fraction of sp³-hybridized carbons (Fsp3) is 0.429. The van der Waals surface area contributed by atoms with Gasteiger partial charge in [0.25, 0.3) is 10.1 Å². The maximum absolute atomic E-state index is 12.5. The lowest BCUT2D eigenvalue weighted by molar-refractivity contribution is -0.174. The molecule has 1 heterocycles. The summed E-state index contributed by atoms with van der Waals surface area (Å²) in [7, 11) is -3.82. The number of hydrogen-bond acceptors (Lipinski definition) is 5. The molecule has 146 valence electrons. The van der Waals surface area contributed by atoms with E-state index in [0.29, 0.717) is 25.6 Å². The Labute approximate surface area is 161 Å². The molecule has 1 saturated heterocycles. The van der Waals surface area contributed by atoms with Crippen LogP contribution in [0.2, 0.25) is 0 Å². The minimum atomic E-state index is -3.82. The van der Waals surface area contributed by atoms with Crippen LogP contribution >= 0.6 is 0 Å². The zero-order valence-electron chi connectivity index (χ0n) is 15.8. The van der Waals surface area contributed by atoms with Gasteiger partial charge in [0.2, 0.25) is 0 Å². The molecular formula is C21H26O5S. The molecule has 1 aliphatic rings. The van der Waals surface area contributed by atoms with Crippen molar-refractivity contribution in [1.82, 2.24) is 0 Å². The second kappa shape index (κ2) is 8.52. The molecule has 1 aliphatic heterocycles. The molecule has 5 nitrogen and oxygen atoms in total. The fourth-order valence-corrected chi connectivity index (χ4v) is 4.06. The molecule has 1 unspecified atom stereocenters. The third-order valence-corrected chi connectivity index (χ3v) is 6.31. The Morgan fingerprint density at radius 3 is 2.26 bits per heavy atom. The molecule has 3 rings (SSSR count). The molecule has 0 aromatic heterocycles. The predicted molar refractivity (Wildman–Crippen MR) is 103 cm³/mol. The highest BCUT2D eigenvalue weighted by atomic mass is 32.2. The topological polar surface area (TPSA) is 61.8 Å². The van der Waals surface area contributed by atoms with Gasteiger partial charge in [0.1, 0.15) is 0 Å². The Balaban J connectivity index is 1.66. The molecule has 0 amide bonds. The van der Waals surface area contributed by atoms with Crippen molar-refractivity contribution in [3.63, 3.8) is 0 Å². The van der Waals surface area contributed by atoms with E-state index in [1.807, 2.05) is 42.5 Å². The lowest BCUT2D eigenvalue weighted by atomic mass is 9.99. The first-order valence-electron chi connectivity index (χ1n) is 9.30. The Kier molecular flexibility index (Phi) is 6.32. The van der Waals surface area contributed by atoms with Gasteiger partial charge in [0.05, 0.1) is 24.7 Å². The van der Waals surface area contributed by atoms with Crippen LogP contribution in [0.3, 0.4) is 0 Å². The van der Waals surface area contributed by atoms with E-state index < -0.39 is 15.9 Å². The first-order valence-corrected chi connectivity index (χ1v) is 10.7. The zero-order valence-corrected chi connectivity index (χ0v) is 16.6.